The van der Waals surface area contributed by atoms with E-state index in [4.69, 9.17) is 9.47 Å². The molecule has 1 aliphatic carbocycles. The number of amides is 1. The van der Waals surface area contributed by atoms with Gasteiger partial charge in [-0.15, -0.1) is 0 Å². The molecule has 2 aromatic heterocycles. The number of hydrogen-bond donors (Lipinski definition) is 1. The predicted molar refractivity (Wildman–Crippen MR) is 156 cm³/mol. The van der Waals surface area contributed by atoms with E-state index in [1.54, 1.807) is 25.3 Å². The average Bonchev–Trinajstić information content (AvgIpc) is 3.36. The number of aromatic nitrogens is 3. The molecule has 6 rings (SSSR count). The minimum Gasteiger partial charge on any atom is -0.497 e. The van der Waals surface area contributed by atoms with Crippen molar-refractivity contribution in [2.75, 3.05) is 25.7 Å². The first-order chi connectivity index (χ1) is 19.8. The highest BCUT2D eigenvalue weighted by molar-refractivity contribution is 7.21. The summed E-state index contributed by atoms with van der Waals surface area (Å²) >= 11 is 1.23. The molecule has 0 bridgehead atoms. The zero-order chi connectivity index (χ0) is 28.7. The van der Waals surface area contributed by atoms with Gasteiger partial charge in [-0.05, 0) is 50.3 Å². The molecular weight excluding hydrogens is 545 g/mol. The fraction of sp³-hybridized carbons (Fsp3) is 0.400. The molecule has 1 saturated carbocycles. The molecule has 1 N–H and O–H groups in total. The van der Waals surface area contributed by atoms with Crippen molar-refractivity contribution < 1.29 is 18.7 Å². The molecule has 214 valence electrons. The summed E-state index contributed by atoms with van der Waals surface area (Å²) in [5.41, 5.74) is -0.167. The first-order valence-electron chi connectivity index (χ1n) is 13.7. The topological polar surface area (TPSA) is 98.6 Å². The number of benzene rings is 2. The largest absolute Gasteiger partial charge is 0.497 e. The summed E-state index contributed by atoms with van der Waals surface area (Å²) in [7, 11) is 3.10. The van der Waals surface area contributed by atoms with Crippen LogP contribution >= 0.6 is 11.3 Å². The average molecular weight is 578 g/mol. The predicted octanol–water partition coefficient (Wildman–Crippen LogP) is 4.72. The van der Waals surface area contributed by atoms with E-state index in [0.717, 1.165) is 12.0 Å². The first-order valence-corrected chi connectivity index (χ1v) is 14.6. The van der Waals surface area contributed by atoms with Gasteiger partial charge < -0.3 is 19.7 Å². The zero-order valence-corrected chi connectivity index (χ0v) is 24.0. The summed E-state index contributed by atoms with van der Waals surface area (Å²) < 4.78 is 27.8. The molecule has 9 nitrogen and oxygen atoms in total. The van der Waals surface area contributed by atoms with Crippen molar-refractivity contribution >= 4 is 32.7 Å². The Hall–Kier alpha value is -3.99. The second-order valence-corrected chi connectivity index (χ2v) is 11.6. The molecule has 2 aliphatic rings. The number of carbonyl (C=O) groups excluding carboxylic acids is 1. The maximum atomic E-state index is 15.6. The van der Waals surface area contributed by atoms with Crippen LogP contribution in [0.25, 0.3) is 10.3 Å². The van der Waals surface area contributed by atoms with Gasteiger partial charge in [-0.3, -0.25) is 14.2 Å². The van der Waals surface area contributed by atoms with E-state index in [1.165, 1.54) is 23.0 Å². The molecule has 1 unspecified atom stereocenters. The fourth-order valence-corrected chi connectivity index (χ4v) is 6.40. The highest BCUT2D eigenvalue weighted by Gasteiger charge is 2.49. The Morgan fingerprint density at radius 3 is 2.66 bits per heavy atom. The van der Waals surface area contributed by atoms with Crippen molar-refractivity contribution in [3.05, 3.63) is 75.8 Å². The second kappa shape index (κ2) is 10.8. The van der Waals surface area contributed by atoms with Crippen molar-refractivity contribution in [3.63, 3.8) is 0 Å². The summed E-state index contributed by atoms with van der Waals surface area (Å²) in [6, 6.07) is 14.5. The van der Waals surface area contributed by atoms with E-state index >= 15 is 4.39 Å². The number of thiazole rings is 1. The van der Waals surface area contributed by atoms with Crippen LogP contribution in [0.5, 0.6) is 11.5 Å². The third kappa shape index (κ3) is 5.14. The van der Waals surface area contributed by atoms with Gasteiger partial charge in [-0.2, -0.15) is 0 Å². The van der Waals surface area contributed by atoms with Crippen LogP contribution in [0, 0.1) is 0 Å². The molecule has 41 heavy (non-hydrogen) atoms. The Morgan fingerprint density at radius 1 is 1.17 bits per heavy atom. The Labute approximate surface area is 240 Å². The van der Waals surface area contributed by atoms with Crippen molar-refractivity contribution in [1.82, 2.24) is 19.9 Å². The normalized spacial score (nSPS) is 18.3. The van der Waals surface area contributed by atoms with Crippen LogP contribution in [-0.2, 0) is 17.0 Å². The number of rotatable bonds is 9. The molecule has 4 aromatic rings. The van der Waals surface area contributed by atoms with Gasteiger partial charge in [-0.1, -0.05) is 41.7 Å². The number of hydrogen-bond acceptors (Lipinski definition) is 8. The smallest absolute Gasteiger partial charge is 0.281 e. The van der Waals surface area contributed by atoms with Crippen molar-refractivity contribution in [2.24, 2.45) is 0 Å². The standard InChI is InChI=1S/C30H32FN5O4S/c1-18(19-8-5-4-6-9-19)32-25(37)22-10-7-15-35(22)29-33-24-26(41-29)34-28(30(31)13-14-30)36(27(24)38)17-20-11-12-21(39-2)16-23(20)40-3/h4-6,8-9,11-12,16,18,22H,7,10,13-15,17H2,1-3H3,(H,32,37)/t18-,22?/m1/s1. The Morgan fingerprint density at radius 2 is 1.95 bits per heavy atom. The number of nitrogens with zero attached hydrogens (tertiary/aromatic N) is 4. The molecule has 2 aromatic carbocycles. The van der Waals surface area contributed by atoms with Crippen LogP contribution in [0.15, 0.2) is 53.3 Å². The van der Waals surface area contributed by atoms with Crippen LogP contribution < -0.4 is 25.2 Å². The van der Waals surface area contributed by atoms with E-state index < -0.39 is 17.3 Å². The van der Waals surface area contributed by atoms with E-state index in [1.807, 2.05) is 42.2 Å². The lowest BCUT2D eigenvalue weighted by molar-refractivity contribution is -0.122. The van der Waals surface area contributed by atoms with E-state index in [-0.39, 0.29) is 29.8 Å². The first kappa shape index (κ1) is 27.2. The van der Waals surface area contributed by atoms with Gasteiger partial charge >= 0.3 is 0 Å². The van der Waals surface area contributed by atoms with Gasteiger partial charge in [0.25, 0.3) is 5.56 Å². The van der Waals surface area contributed by atoms with Gasteiger partial charge in [0.05, 0.1) is 26.8 Å². The molecule has 2 fully saturated rings. The number of nitrogens with one attached hydrogen (secondary N) is 1. The molecule has 1 saturated heterocycles. The van der Waals surface area contributed by atoms with E-state index in [2.05, 4.69) is 15.3 Å². The Bertz CT molecular complexity index is 1650. The molecule has 1 aliphatic heterocycles. The third-order valence-electron chi connectivity index (χ3n) is 7.88. The Balaban J connectivity index is 1.33. The highest BCUT2D eigenvalue weighted by atomic mass is 32.1. The molecule has 2 atom stereocenters. The summed E-state index contributed by atoms with van der Waals surface area (Å²) in [5, 5.41) is 3.67. The number of alkyl halides is 1. The van der Waals surface area contributed by atoms with Gasteiger partial charge in [0.15, 0.2) is 27.0 Å². The highest BCUT2D eigenvalue weighted by Crippen LogP contribution is 2.49. The maximum Gasteiger partial charge on any atom is 0.281 e. The summed E-state index contributed by atoms with van der Waals surface area (Å²) in [6.45, 7) is 2.67. The number of carbonyl (C=O) groups is 1. The molecule has 11 heteroatoms. The third-order valence-corrected chi connectivity index (χ3v) is 8.87. The SMILES string of the molecule is COc1ccc(Cn2c(C3(F)CC3)nc3sc(N4CCCC4C(=O)N[C@H](C)c4ccccc4)nc3c2=O)c(OC)c1. The monoisotopic (exact) mass is 577 g/mol. The van der Waals surface area contributed by atoms with Crippen molar-refractivity contribution in [2.45, 2.75) is 56.9 Å². The van der Waals surface area contributed by atoms with Crippen LogP contribution in [0.1, 0.15) is 55.6 Å². The van der Waals surface area contributed by atoms with E-state index in [0.29, 0.717) is 52.8 Å². The number of methoxy groups -OCH3 is 2. The molecule has 3 heterocycles. The molecule has 0 radical (unpaired) electrons. The number of halogens is 1. The quantitative estimate of drug-likeness (QED) is 0.307. The lowest BCUT2D eigenvalue weighted by Gasteiger charge is -2.25. The maximum absolute atomic E-state index is 15.6. The minimum atomic E-state index is -1.65. The van der Waals surface area contributed by atoms with Crippen molar-refractivity contribution in [3.8, 4) is 11.5 Å². The van der Waals surface area contributed by atoms with Gasteiger partial charge in [-0.25, -0.2) is 14.4 Å². The fourth-order valence-electron chi connectivity index (χ4n) is 5.40. The summed E-state index contributed by atoms with van der Waals surface area (Å²) in [6.07, 6.45) is 2.12. The molecule has 0 spiro atoms. The summed E-state index contributed by atoms with van der Waals surface area (Å²) in [4.78, 5) is 38.8. The number of anilines is 1. The second-order valence-electron chi connectivity index (χ2n) is 10.6. The lowest BCUT2D eigenvalue weighted by Crippen LogP contribution is -2.44. The minimum absolute atomic E-state index is 0.0783. The zero-order valence-electron chi connectivity index (χ0n) is 23.2. The van der Waals surface area contributed by atoms with Gasteiger partial charge in [0.2, 0.25) is 5.91 Å². The van der Waals surface area contributed by atoms with Crippen molar-refractivity contribution in [1.29, 1.82) is 0 Å². The van der Waals surface area contributed by atoms with Crippen LogP contribution in [0.2, 0.25) is 0 Å². The van der Waals surface area contributed by atoms with Gasteiger partial charge in [0.1, 0.15) is 17.5 Å². The van der Waals surface area contributed by atoms with E-state index in [9.17, 15) is 9.59 Å². The molecule has 1 amide bonds. The lowest BCUT2D eigenvalue weighted by atomic mass is 10.1. The summed E-state index contributed by atoms with van der Waals surface area (Å²) in [5.74, 6) is 1.16. The number of fused-ring (bicyclic) bond motifs is 1. The number of ether oxygens (including phenoxy) is 2. The van der Waals surface area contributed by atoms with Crippen LogP contribution in [0.4, 0.5) is 9.52 Å². The Kier molecular flexibility index (Phi) is 7.14. The van der Waals surface area contributed by atoms with Crippen LogP contribution in [-0.4, -0.2) is 47.2 Å². The van der Waals surface area contributed by atoms with Gasteiger partial charge in [0, 0.05) is 18.2 Å². The molecular formula is C30H32FN5O4S. The van der Waals surface area contributed by atoms with Crippen LogP contribution in [0.3, 0.4) is 0 Å².